The molecule has 3 aromatic carbocycles. The van der Waals surface area contributed by atoms with Crippen LogP contribution in [0.15, 0.2) is 107 Å². The number of carbonyl (C=O) groups excluding carboxylic acids is 1. The predicted octanol–water partition coefficient (Wildman–Crippen LogP) is 8.00. The standard InChI is InChI=1S/C38H41BrCl2N4O4Si/c1-6-48-36(47)33-34(32(26-18-20-27(40)21-19-26)42-31-24-28(41)25-44(5)35(31)46)45(37(39)43-33)22-13-23-49-50(38(2,3)4,29-14-9-7-10-15-29)30-16-11-8-12-17-30/h7-12,14-21,24-25,32,42H,6,13,22-23H2,1-5H3. The number of hydrogen-bond donors (Lipinski definition) is 1. The molecule has 0 saturated heterocycles. The monoisotopic (exact) mass is 794 g/mol. The third kappa shape index (κ3) is 7.95. The van der Waals surface area contributed by atoms with Crippen molar-refractivity contribution in [1.29, 1.82) is 0 Å². The maximum Gasteiger partial charge on any atom is 0.358 e. The van der Waals surface area contributed by atoms with Crippen LogP contribution in [0, 0.1) is 0 Å². The van der Waals surface area contributed by atoms with Crippen molar-refractivity contribution in [3.8, 4) is 0 Å². The van der Waals surface area contributed by atoms with Crippen LogP contribution in [-0.2, 0) is 22.8 Å². The molecule has 2 heterocycles. The van der Waals surface area contributed by atoms with E-state index in [4.69, 9.17) is 32.4 Å². The van der Waals surface area contributed by atoms with Gasteiger partial charge in [-0.15, -0.1) is 0 Å². The first-order valence-electron chi connectivity index (χ1n) is 16.4. The van der Waals surface area contributed by atoms with Crippen LogP contribution in [0.1, 0.15) is 61.9 Å². The van der Waals surface area contributed by atoms with E-state index in [9.17, 15) is 9.59 Å². The van der Waals surface area contributed by atoms with Crippen LogP contribution in [-0.4, -0.2) is 41.6 Å². The summed E-state index contributed by atoms with van der Waals surface area (Å²) < 4.78 is 16.4. The zero-order chi connectivity index (χ0) is 36.1. The molecule has 12 heteroatoms. The minimum Gasteiger partial charge on any atom is -0.461 e. The van der Waals surface area contributed by atoms with Crippen LogP contribution in [0.4, 0.5) is 5.69 Å². The lowest BCUT2D eigenvalue weighted by Crippen LogP contribution is -2.66. The molecule has 1 unspecified atom stereocenters. The third-order valence-corrected chi connectivity index (χ3v) is 14.7. The second-order valence-electron chi connectivity index (χ2n) is 13.0. The Morgan fingerprint density at radius 3 is 2.12 bits per heavy atom. The molecule has 0 bridgehead atoms. The summed E-state index contributed by atoms with van der Waals surface area (Å²) in [4.78, 5) is 31.4. The normalized spacial score (nSPS) is 12.5. The van der Waals surface area contributed by atoms with Gasteiger partial charge in [0.1, 0.15) is 5.69 Å². The summed E-state index contributed by atoms with van der Waals surface area (Å²) in [6.45, 7) is 9.55. The van der Waals surface area contributed by atoms with E-state index in [-0.39, 0.29) is 28.6 Å². The van der Waals surface area contributed by atoms with Gasteiger partial charge in [0.2, 0.25) is 0 Å². The first-order chi connectivity index (χ1) is 23.9. The lowest BCUT2D eigenvalue weighted by atomic mass is 10.0. The minimum absolute atomic E-state index is 0.123. The summed E-state index contributed by atoms with van der Waals surface area (Å²) in [5, 5.41) is 6.52. The maximum absolute atomic E-state index is 13.5. The fourth-order valence-electron chi connectivity index (χ4n) is 6.40. The third-order valence-electron chi connectivity index (χ3n) is 8.62. The molecule has 5 rings (SSSR count). The van der Waals surface area contributed by atoms with Gasteiger partial charge < -0.3 is 23.6 Å². The number of esters is 1. The van der Waals surface area contributed by atoms with Crippen molar-refractivity contribution in [2.45, 2.75) is 51.7 Å². The highest BCUT2D eigenvalue weighted by Gasteiger charge is 2.50. The quantitative estimate of drug-likeness (QED) is 0.0739. The molecule has 0 saturated carbocycles. The van der Waals surface area contributed by atoms with Crippen molar-refractivity contribution in [2.24, 2.45) is 7.05 Å². The molecular formula is C38H41BrCl2N4O4Si. The Labute approximate surface area is 312 Å². The number of benzene rings is 3. The van der Waals surface area contributed by atoms with E-state index in [1.807, 2.05) is 28.8 Å². The second kappa shape index (κ2) is 16.1. The number of aryl methyl sites for hydroxylation is 1. The van der Waals surface area contributed by atoms with Crippen LogP contribution >= 0.6 is 39.1 Å². The van der Waals surface area contributed by atoms with Gasteiger partial charge in [0.05, 0.1) is 23.4 Å². The number of nitrogens with one attached hydrogen (secondary N) is 1. The Morgan fingerprint density at radius 2 is 1.56 bits per heavy atom. The molecular weight excluding hydrogens is 755 g/mol. The van der Waals surface area contributed by atoms with Gasteiger partial charge in [-0.3, -0.25) is 4.79 Å². The Morgan fingerprint density at radius 1 is 0.960 bits per heavy atom. The van der Waals surface area contributed by atoms with Crippen LogP contribution in [0.5, 0.6) is 0 Å². The summed E-state index contributed by atoms with van der Waals surface area (Å²) in [6.07, 6.45) is 2.14. The van der Waals surface area contributed by atoms with Crippen molar-refractivity contribution in [3.05, 3.63) is 139 Å². The molecule has 1 N–H and O–H groups in total. The number of anilines is 1. The molecule has 0 radical (unpaired) electrons. The molecule has 8 nitrogen and oxygen atoms in total. The number of pyridine rings is 1. The Kier molecular flexibility index (Phi) is 12.1. The summed E-state index contributed by atoms with van der Waals surface area (Å²) >= 11 is 16.3. The van der Waals surface area contributed by atoms with E-state index >= 15 is 0 Å². The van der Waals surface area contributed by atoms with Crippen LogP contribution < -0.4 is 21.2 Å². The average Bonchev–Trinajstić information content (AvgIpc) is 3.42. The van der Waals surface area contributed by atoms with E-state index < -0.39 is 20.3 Å². The fraction of sp³-hybridized carbons (Fsp3) is 0.289. The van der Waals surface area contributed by atoms with Gasteiger partial charge in [-0.05, 0) is 68.4 Å². The maximum atomic E-state index is 13.5. The SMILES string of the molecule is CCOC(=O)c1nc(Br)n(CCCO[Si](c2ccccc2)(c2ccccc2)C(C)(C)C)c1C(Nc1cc(Cl)cn(C)c1=O)c1ccc(Cl)cc1. The number of rotatable bonds is 13. The lowest BCUT2D eigenvalue weighted by molar-refractivity contribution is 0.0518. The lowest BCUT2D eigenvalue weighted by Gasteiger charge is -2.43. The molecule has 50 heavy (non-hydrogen) atoms. The minimum atomic E-state index is -2.77. The van der Waals surface area contributed by atoms with Crippen molar-refractivity contribution < 1.29 is 14.0 Å². The summed E-state index contributed by atoms with van der Waals surface area (Å²) in [6, 6.07) is 29.1. The largest absolute Gasteiger partial charge is 0.461 e. The molecule has 2 aromatic heterocycles. The number of nitrogens with zero attached hydrogens (tertiary/aromatic N) is 3. The Balaban J connectivity index is 1.56. The zero-order valence-electron chi connectivity index (χ0n) is 28.8. The van der Waals surface area contributed by atoms with Gasteiger partial charge >= 0.3 is 5.97 Å². The topological polar surface area (TPSA) is 87.4 Å². The average molecular weight is 797 g/mol. The van der Waals surface area contributed by atoms with E-state index in [1.54, 1.807) is 38.4 Å². The van der Waals surface area contributed by atoms with E-state index in [2.05, 4.69) is 95.5 Å². The first kappa shape index (κ1) is 37.6. The molecule has 1 atom stereocenters. The highest BCUT2D eigenvalue weighted by atomic mass is 79.9. The molecule has 0 aliphatic rings. The molecule has 0 fully saturated rings. The van der Waals surface area contributed by atoms with Crippen LogP contribution in [0.2, 0.25) is 15.1 Å². The zero-order valence-corrected chi connectivity index (χ0v) is 32.8. The highest BCUT2D eigenvalue weighted by Crippen LogP contribution is 2.37. The molecule has 0 aliphatic heterocycles. The number of carbonyl (C=O) groups is 1. The summed E-state index contributed by atoms with van der Waals surface area (Å²) in [5.41, 5.74) is 1.37. The fourth-order valence-corrected chi connectivity index (χ4v) is 11.9. The number of imidazole rings is 1. The number of hydrogen-bond acceptors (Lipinski definition) is 6. The summed E-state index contributed by atoms with van der Waals surface area (Å²) in [7, 11) is -1.14. The van der Waals surface area contributed by atoms with Crippen LogP contribution in [0.3, 0.4) is 0 Å². The molecule has 5 aromatic rings. The van der Waals surface area contributed by atoms with Gasteiger partial charge in [0.25, 0.3) is 13.9 Å². The van der Waals surface area contributed by atoms with E-state index in [1.165, 1.54) is 14.9 Å². The number of aromatic nitrogens is 3. The highest BCUT2D eigenvalue weighted by molar-refractivity contribution is 9.10. The van der Waals surface area contributed by atoms with Crippen molar-refractivity contribution in [1.82, 2.24) is 14.1 Å². The molecule has 0 aliphatic carbocycles. The molecule has 262 valence electrons. The summed E-state index contributed by atoms with van der Waals surface area (Å²) in [5.74, 6) is -0.578. The van der Waals surface area contributed by atoms with Gasteiger partial charge in [-0.25, -0.2) is 9.78 Å². The van der Waals surface area contributed by atoms with Crippen molar-refractivity contribution in [2.75, 3.05) is 18.5 Å². The van der Waals surface area contributed by atoms with Gasteiger partial charge in [0, 0.05) is 31.4 Å². The van der Waals surface area contributed by atoms with Gasteiger partial charge in [0.15, 0.2) is 10.4 Å². The van der Waals surface area contributed by atoms with Gasteiger partial charge in [-0.1, -0.05) is 117 Å². The first-order valence-corrected chi connectivity index (χ1v) is 19.9. The van der Waals surface area contributed by atoms with Crippen LogP contribution in [0.25, 0.3) is 0 Å². The van der Waals surface area contributed by atoms with Crippen molar-refractivity contribution in [3.63, 3.8) is 0 Å². The molecule has 0 spiro atoms. The Bertz CT molecular complexity index is 1940. The Hall–Kier alpha value is -3.67. The van der Waals surface area contributed by atoms with E-state index in [0.717, 1.165) is 5.56 Å². The number of ether oxygens (including phenoxy) is 1. The van der Waals surface area contributed by atoms with E-state index in [0.29, 0.717) is 40.0 Å². The number of halogens is 3. The molecule has 0 amide bonds. The second-order valence-corrected chi connectivity index (χ2v) is 18.9. The smallest absolute Gasteiger partial charge is 0.358 e. The van der Waals surface area contributed by atoms with Gasteiger partial charge in [-0.2, -0.15) is 0 Å². The predicted molar refractivity (Wildman–Crippen MR) is 208 cm³/mol. The van der Waals surface area contributed by atoms with Crippen molar-refractivity contribution >= 4 is 69.5 Å².